The van der Waals surface area contributed by atoms with Gasteiger partial charge in [-0.05, 0) is 18.2 Å². The largest absolute Gasteiger partial charge is 0.417 e. The van der Waals surface area contributed by atoms with Gasteiger partial charge >= 0.3 is 18.5 Å². The molecule has 1 aromatic rings. The highest BCUT2D eigenvalue weighted by molar-refractivity contribution is 5.53. The summed E-state index contributed by atoms with van der Waals surface area (Å²) in [5.74, 6) is -4.32. The Morgan fingerprint density at radius 2 is 1.75 bits per heavy atom. The van der Waals surface area contributed by atoms with E-state index in [2.05, 4.69) is 0 Å². The predicted molar refractivity (Wildman–Crippen MR) is 55.6 cm³/mol. The van der Waals surface area contributed by atoms with Crippen molar-refractivity contribution in [3.8, 4) is 6.07 Å². The van der Waals surface area contributed by atoms with Crippen LogP contribution in [0.2, 0.25) is 0 Å². The van der Waals surface area contributed by atoms with E-state index in [4.69, 9.17) is 5.26 Å². The molecule has 0 amide bonds. The molecule has 0 heterocycles. The molecule has 0 atom stereocenters. The fourth-order valence-corrected chi connectivity index (χ4v) is 1.29. The van der Waals surface area contributed by atoms with Crippen molar-refractivity contribution < 1.29 is 30.7 Å². The minimum Gasteiger partial charge on any atom is -0.379 e. The van der Waals surface area contributed by atoms with Crippen LogP contribution in [0.15, 0.2) is 18.2 Å². The number of hydrogen-bond donors (Lipinski definition) is 1. The lowest BCUT2D eigenvalue weighted by atomic mass is 10.1. The lowest BCUT2D eigenvalue weighted by Crippen LogP contribution is -2.34. The van der Waals surface area contributed by atoms with Crippen molar-refractivity contribution in [1.29, 1.82) is 5.26 Å². The monoisotopic (exact) mass is 300 g/mol. The number of rotatable bonds is 4. The molecule has 20 heavy (non-hydrogen) atoms. The second kappa shape index (κ2) is 5.56. The molecule has 0 fully saturated rings. The van der Waals surface area contributed by atoms with Gasteiger partial charge in [-0.25, -0.2) is 8.78 Å². The number of alkyl halides is 7. The summed E-state index contributed by atoms with van der Waals surface area (Å²) in [6.07, 6.45) is -8.67. The Bertz CT molecular complexity index is 516. The summed E-state index contributed by atoms with van der Waals surface area (Å²) >= 11 is 0. The predicted octanol–water partition coefficient (Wildman–Crippen LogP) is 3.89. The molecule has 1 rings (SSSR count). The van der Waals surface area contributed by atoms with Gasteiger partial charge in [0.25, 0.3) is 0 Å². The van der Waals surface area contributed by atoms with Crippen molar-refractivity contribution in [1.82, 2.24) is 0 Å². The Labute approximate surface area is 108 Å². The molecule has 0 aliphatic carbocycles. The zero-order valence-corrected chi connectivity index (χ0v) is 9.61. The highest BCUT2D eigenvalue weighted by atomic mass is 19.4. The first-order valence-electron chi connectivity index (χ1n) is 5.09. The van der Waals surface area contributed by atoms with Gasteiger partial charge in [-0.1, -0.05) is 0 Å². The van der Waals surface area contributed by atoms with Crippen molar-refractivity contribution in [3.05, 3.63) is 29.3 Å². The Hall–Kier alpha value is -1.98. The van der Waals surface area contributed by atoms with Crippen LogP contribution < -0.4 is 5.32 Å². The van der Waals surface area contributed by atoms with Crippen molar-refractivity contribution in [3.63, 3.8) is 0 Å². The van der Waals surface area contributed by atoms with Gasteiger partial charge in [-0.2, -0.15) is 27.2 Å². The molecule has 0 aliphatic heterocycles. The summed E-state index contributed by atoms with van der Waals surface area (Å²) in [7, 11) is 0. The van der Waals surface area contributed by atoms with Crippen molar-refractivity contribution in [2.45, 2.75) is 18.5 Å². The molecule has 0 aliphatic rings. The fourth-order valence-electron chi connectivity index (χ4n) is 1.29. The first kappa shape index (κ1) is 16.1. The van der Waals surface area contributed by atoms with E-state index in [-0.39, 0.29) is 5.69 Å². The minimum atomic E-state index is -4.77. The van der Waals surface area contributed by atoms with E-state index in [1.54, 1.807) is 0 Å². The number of anilines is 1. The van der Waals surface area contributed by atoms with Crippen LogP contribution in [0.5, 0.6) is 0 Å². The lowest BCUT2D eigenvalue weighted by Gasteiger charge is -2.17. The Kier molecular flexibility index (Phi) is 4.47. The minimum absolute atomic E-state index is 0.283. The van der Waals surface area contributed by atoms with Gasteiger partial charge in [0.2, 0.25) is 0 Å². The highest BCUT2D eigenvalue weighted by Crippen LogP contribution is 2.33. The van der Waals surface area contributed by atoms with Crippen LogP contribution in [0.1, 0.15) is 11.1 Å². The molecule has 0 bridgehead atoms. The molecular formula is C11H7F7N2. The Morgan fingerprint density at radius 3 is 2.20 bits per heavy atom. The van der Waals surface area contributed by atoms with E-state index in [1.807, 2.05) is 5.32 Å². The third-order valence-electron chi connectivity index (χ3n) is 2.29. The summed E-state index contributed by atoms with van der Waals surface area (Å²) in [5, 5.41) is 10.4. The molecular weight excluding hydrogens is 293 g/mol. The number of nitrogens with one attached hydrogen (secondary N) is 1. The molecule has 0 saturated carbocycles. The number of nitriles is 1. The Balaban J connectivity index is 2.93. The van der Waals surface area contributed by atoms with Gasteiger partial charge in [0.15, 0.2) is 0 Å². The third kappa shape index (κ3) is 3.76. The van der Waals surface area contributed by atoms with E-state index < -0.39 is 36.2 Å². The highest BCUT2D eigenvalue weighted by Gasteiger charge is 2.40. The van der Waals surface area contributed by atoms with Crippen LogP contribution in [0.3, 0.4) is 0 Å². The van der Waals surface area contributed by atoms with E-state index >= 15 is 0 Å². The molecule has 1 N–H and O–H groups in total. The molecule has 0 aromatic heterocycles. The zero-order chi connectivity index (χ0) is 15.6. The standard InChI is InChI=1S/C11H7F7N2/c12-9(13)10(14,15)5-20-7-1-2-8(11(16,17)18)6(3-7)4-19/h1-3,9,20H,5H2. The maximum absolute atomic E-state index is 12.6. The molecule has 2 nitrogen and oxygen atoms in total. The third-order valence-corrected chi connectivity index (χ3v) is 2.29. The molecule has 110 valence electrons. The maximum atomic E-state index is 12.6. The first-order valence-corrected chi connectivity index (χ1v) is 5.09. The fraction of sp³-hybridized carbons (Fsp3) is 0.364. The smallest absolute Gasteiger partial charge is 0.379 e. The quantitative estimate of drug-likeness (QED) is 0.856. The van der Waals surface area contributed by atoms with E-state index in [9.17, 15) is 30.7 Å². The summed E-state index contributed by atoms with van der Waals surface area (Å²) < 4.78 is 86.4. The summed E-state index contributed by atoms with van der Waals surface area (Å²) in [6.45, 7) is -1.46. The van der Waals surface area contributed by atoms with Crippen LogP contribution in [-0.4, -0.2) is 18.9 Å². The van der Waals surface area contributed by atoms with Gasteiger partial charge in [-0.3, -0.25) is 0 Å². The van der Waals surface area contributed by atoms with Crippen molar-refractivity contribution >= 4 is 5.69 Å². The van der Waals surface area contributed by atoms with E-state index in [0.29, 0.717) is 12.1 Å². The van der Waals surface area contributed by atoms with Crippen molar-refractivity contribution in [2.24, 2.45) is 0 Å². The topological polar surface area (TPSA) is 35.8 Å². The maximum Gasteiger partial charge on any atom is 0.417 e. The van der Waals surface area contributed by atoms with Gasteiger partial charge in [0, 0.05) is 5.69 Å². The van der Waals surface area contributed by atoms with Gasteiger partial charge in [0.05, 0.1) is 23.7 Å². The van der Waals surface area contributed by atoms with Gasteiger partial charge in [0.1, 0.15) is 0 Å². The van der Waals surface area contributed by atoms with Crippen LogP contribution in [0, 0.1) is 11.3 Å². The number of halogens is 7. The van der Waals surface area contributed by atoms with Crippen molar-refractivity contribution in [2.75, 3.05) is 11.9 Å². The average molecular weight is 300 g/mol. The lowest BCUT2D eigenvalue weighted by molar-refractivity contribution is -0.137. The van der Waals surface area contributed by atoms with Crippen LogP contribution in [-0.2, 0) is 6.18 Å². The second-order valence-electron chi connectivity index (χ2n) is 3.79. The second-order valence-corrected chi connectivity index (χ2v) is 3.79. The molecule has 0 radical (unpaired) electrons. The molecule has 1 aromatic carbocycles. The molecule has 0 spiro atoms. The first-order chi connectivity index (χ1) is 9.08. The summed E-state index contributed by atoms with van der Waals surface area (Å²) in [6, 6.07) is 3.24. The zero-order valence-electron chi connectivity index (χ0n) is 9.61. The van der Waals surface area contributed by atoms with Gasteiger partial charge in [-0.15, -0.1) is 0 Å². The van der Waals surface area contributed by atoms with Crippen LogP contribution in [0.25, 0.3) is 0 Å². The van der Waals surface area contributed by atoms with Crippen LogP contribution in [0.4, 0.5) is 36.4 Å². The van der Waals surface area contributed by atoms with E-state index in [0.717, 1.165) is 6.07 Å². The molecule has 0 saturated heterocycles. The number of benzene rings is 1. The van der Waals surface area contributed by atoms with Gasteiger partial charge < -0.3 is 5.32 Å². The summed E-state index contributed by atoms with van der Waals surface area (Å²) in [4.78, 5) is 0. The SMILES string of the molecule is N#Cc1cc(NCC(F)(F)C(F)F)ccc1C(F)(F)F. The number of nitrogens with zero attached hydrogens (tertiary/aromatic N) is 1. The molecule has 9 heteroatoms. The normalized spacial score (nSPS) is 12.3. The number of hydrogen-bond acceptors (Lipinski definition) is 2. The Morgan fingerprint density at radius 1 is 1.15 bits per heavy atom. The van der Waals surface area contributed by atoms with Crippen LogP contribution >= 0.6 is 0 Å². The average Bonchev–Trinajstić information content (AvgIpc) is 2.34. The van der Waals surface area contributed by atoms with E-state index in [1.165, 1.54) is 6.07 Å². The summed E-state index contributed by atoms with van der Waals surface area (Å²) in [5.41, 5.74) is -2.30. The molecule has 0 unspecified atom stereocenters.